The van der Waals surface area contributed by atoms with Gasteiger partial charge in [-0.1, -0.05) is 57.2 Å². The van der Waals surface area contributed by atoms with E-state index in [1.54, 1.807) is 6.08 Å². The Bertz CT molecular complexity index is 1120. The number of rotatable bonds is 15. The zero-order valence-electron chi connectivity index (χ0n) is 22.2. The molecule has 0 aliphatic heterocycles. The summed E-state index contributed by atoms with van der Waals surface area (Å²) in [6, 6.07) is 14.3. The summed E-state index contributed by atoms with van der Waals surface area (Å²) in [6.07, 6.45) is 9.11. The Balaban J connectivity index is 2.25. The molecule has 3 N–H and O–H groups in total. The molecule has 5 nitrogen and oxygen atoms in total. The number of unbranched alkanes of at least 4 members (excludes halogenated alkanes) is 2. The second-order valence-corrected chi connectivity index (χ2v) is 8.42. The van der Waals surface area contributed by atoms with Crippen molar-refractivity contribution in [3.8, 4) is 11.8 Å². The van der Waals surface area contributed by atoms with E-state index in [1.165, 1.54) is 19.3 Å². The molecule has 2 aromatic rings. The molecular weight excluding hydrogens is 444 g/mol. The van der Waals surface area contributed by atoms with Crippen molar-refractivity contribution in [2.24, 2.45) is 0 Å². The van der Waals surface area contributed by atoms with Gasteiger partial charge in [-0.25, -0.2) is 0 Å². The fourth-order valence-corrected chi connectivity index (χ4v) is 4.02. The molecule has 0 unspecified atom stereocenters. The van der Waals surface area contributed by atoms with E-state index in [4.69, 9.17) is 4.74 Å². The van der Waals surface area contributed by atoms with Crippen LogP contribution in [0.25, 0.3) is 11.6 Å². The number of anilines is 2. The molecule has 0 spiro atoms. The van der Waals surface area contributed by atoms with Crippen molar-refractivity contribution >= 4 is 23.0 Å². The average Bonchev–Trinajstić information content (AvgIpc) is 2.90. The average molecular weight is 485 g/mol. The Morgan fingerprint density at radius 1 is 1.06 bits per heavy atom. The number of allylic oxidation sites excluding steroid dienone is 4. The van der Waals surface area contributed by atoms with Gasteiger partial charge in [0.15, 0.2) is 0 Å². The number of hydrogen-bond acceptors (Lipinski definition) is 5. The highest BCUT2D eigenvalue weighted by molar-refractivity contribution is 5.86. The molecule has 5 heteroatoms. The monoisotopic (exact) mass is 484 g/mol. The zero-order chi connectivity index (χ0) is 26.3. The molecule has 0 amide bonds. The molecule has 0 saturated carbocycles. The lowest BCUT2D eigenvalue weighted by Crippen LogP contribution is -2.22. The maximum Gasteiger partial charge on any atom is 0.119 e. The lowest BCUT2D eigenvalue weighted by Gasteiger charge is -2.20. The van der Waals surface area contributed by atoms with Crippen molar-refractivity contribution in [2.75, 3.05) is 37.4 Å². The van der Waals surface area contributed by atoms with Crippen LogP contribution >= 0.6 is 0 Å². The third-order valence-electron chi connectivity index (χ3n) is 6.07. The topological polar surface area (TPSA) is 69.1 Å². The molecule has 0 radical (unpaired) electrons. The molecule has 0 bridgehead atoms. The molecule has 0 aliphatic rings. The van der Waals surface area contributed by atoms with Crippen LogP contribution in [0.4, 0.5) is 11.4 Å². The first-order chi connectivity index (χ1) is 17.5. The number of nitriles is 1. The smallest absolute Gasteiger partial charge is 0.119 e. The van der Waals surface area contributed by atoms with E-state index >= 15 is 0 Å². The summed E-state index contributed by atoms with van der Waals surface area (Å²) in [6.45, 7) is 16.5. The number of hydrogen-bond donors (Lipinski definition) is 3. The summed E-state index contributed by atoms with van der Waals surface area (Å²) in [4.78, 5) is 0. The number of ether oxygens (including phenoxy) is 1. The van der Waals surface area contributed by atoms with Gasteiger partial charge >= 0.3 is 0 Å². The summed E-state index contributed by atoms with van der Waals surface area (Å²) in [7, 11) is 1.89. The molecular formula is C31H40N4O. The zero-order valence-corrected chi connectivity index (χ0v) is 22.2. The van der Waals surface area contributed by atoms with Gasteiger partial charge in [0.05, 0.1) is 11.3 Å². The van der Waals surface area contributed by atoms with Crippen LogP contribution in [0.1, 0.15) is 49.8 Å². The summed E-state index contributed by atoms with van der Waals surface area (Å²) >= 11 is 0. The molecule has 0 heterocycles. The summed E-state index contributed by atoms with van der Waals surface area (Å²) in [5, 5.41) is 20.0. The van der Waals surface area contributed by atoms with Gasteiger partial charge in [0.1, 0.15) is 18.4 Å². The fourth-order valence-electron chi connectivity index (χ4n) is 4.02. The van der Waals surface area contributed by atoms with E-state index in [0.717, 1.165) is 52.5 Å². The van der Waals surface area contributed by atoms with Crippen molar-refractivity contribution in [3.63, 3.8) is 0 Å². The maximum absolute atomic E-state index is 9.85. The first-order valence-corrected chi connectivity index (χ1v) is 12.6. The van der Waals surface area contributed by atoms with Gasteiger partial charge < -0.3 is 20.7 Å². The Hall–Kier alpha value is -3.75. The van der Waals surface area contributed by atoms with Crippen LogP contribution in [0.3, 0.4) is 0 Å². The summed E-state index contributed by atoms with van der Waals surface area (Å²) in [5.74, 6) is 0.821. The second kappa shape index (κ2) is 15.3. The van der Waals surface area contributed by atoms with Crippen LogP contribution < -0.4 is 20.7 Å². The third kappa shape index (κ3) is 7.63. The van der Waals surface area contributed by atoms with Crippen LogP contribution in [0, 0.1) is 18.3 Å². The minimum absolute atomic E-state index is 0.467. The molecule has 0 aromatic heterocycles. The molecule has 0 atom stereocenters. The number of nitrogens with zero attached hydrogens (tertiary/aromatic N) is 1. The third-order valence-corrected chi connectivity index (χ3v) is 6.07. The molecule has 0 fully saturated rings. The van der Waals surface area contributed by atoms with Crippen molar-refractivity contribution in [3.05, 3.63) is 89.7 Å². The number of nitrogens with one attached hydrogen (secondary N) is 3. The lowest BCUT2D eigenvalue weighted by atomic mass is 9.97. The SMILES string of the molecule is C=C/C(C#N)=C(Nc1ccc(NC)c(C=C)c1C)\C(=C/C)c1ccc(OCCNCCCCC)cc1. The van der Waals surface area contributed by atoms with Gasteiger partial charge in [0.25, 0.3) is 0 Å². The van der Waals surface area contributed by atoms with Crippen molar-refractivity contribution < 1.29 is 4.74 Å². The minimum Gasteiger partial charge on any atom is -0.492 e. The highest BCUT2D eigenvalue weighted by Crippen LogP contribution is 2.33. The predicted octanol–water partition coefficient (Wildman–Crippen LogP) is 7.32. The highest BCUT2D eigenvalue weighted by atomic mass is 16.5. The van der Waals surface area contributed by atoms with Crippen LogP contribution in [-0.2, 0) is 0 Å². The first kappa shape index (κ1) is 28.5. The van der Waals surface area contributed by atoms with Crippen molar-refractivity contribution in [1.82, 2.24) is 5.32 Å². The van der Waals surface area contributed by atoms with E-state index in [-0.39, 0.29) is 0 Å². The van der Waals surface area contributed by atoms with Gasteiger partial charge in [-0.15, -0.1) is 0 Å². The van der Waals surface area contributed by atoms with Crippen molar-refractivity contribution in [2.45, 2.75) is 40.0 Å². The molecule has 0 saturated heterocycles. The maximum atomic E-state index is 9.85. The van der Waals surface area contributed by atoms with E-state index < -0.39 is 0 Å². The van der Waals surface area contributed by atoms with Crippen molar-refractivity contribution in [1.29, 1.82) is 5.26 Å². The summed E-state index contributed by atoms with van der Waals surface area (Å²) in [5.41, 5.74) is 7.02. The van der Waals surface area contributed by atoms with Crippen LogP contribution in [0.2, 0.25) is 0 Å². The molecule has 36 heavy (non-hydrogen) atoms. The quantitative estimate of drug-likeness (QED) is 0.140. The Morgan fingerprint density at radius 3 is 2.36 bits per heavy atom. The molecule has 190 valence electrons. The first-order valence-electron chi connectivity index (χ1n) is 12.6. The predicted molar refractivity (Wildman–Crippen MR) is 155 cm³/mol. The van der Waals surface area contributed by atoms with Gasteiger partial charge in [-0.2, -0.15) is 5.26 Å². The van der Waals surface area contributed by atoms with Crippen LogP contribution in [-0.4, -0.2) is 26.7 Å². The number of benzene rings is 2. The molecule has 2 rings (SSSR count). The lowest BCUT2D eigenvalue weighted by molar-refractivity contribution is 0.313. The van der Waals surface area contributed by atoms with E-state index in [9.17, 15) is 5.26 Å². The normalized spacial score (nSPS) is 11.8. The van der Waals surface area contributed by atoms with Gasteiger partial charge in [0, 0.05) is 36.1 Å². The largest absolute Gasteiger partial charge is 0.492 e. The van der Waals surface area contributed by atoms with E-state index in [0.29, 0.717) is 17.9 Å². The Labute approximate surface area is 217 Å². The van der Waals surface area contributed by atoms with Crippen LogP contribution in [0.15, 0.2) is 73.0 Å². The van der Waals surface area contributed by atoms with Gasteiger partial charge in [-0.05, 0) is 68.3 Å². The van der Waals surface area contributed by atoms with E-state index in [1.807, 2.05) is 69.4 Å². The standard InChI is InChI=1S/C31H40N4O/c1-7-11-12-19-34-20-21-36-26-15-13-25(14-16-26)28(10-4)31(24(8-2)22-32)35-29-17-18-30(33-6)27(9-3)23(29)5/h8-10,13-18,33-35H,2-3,7,11-12,19-21H2,1,4-6H3/b28-10-,31-24-. The Kier molecular flexibility index (Phi) is 12.1. The molecule has 0 aliphatic carbocycles. The van der Waals surface area contributed by atoms with Gasteiger partial charge in [0.2, 0.25) is 0 Å². The minimum atomic E-state index is 0.467. The van der Waals surface area contributed by atoms with Crippen LogP contribution in [0.5, 0.6) is 5.75 Å². The second-order valence-electron chi connectivity index (χ2n) is 8.42. The summed E-state index contributed by atoms with van der Waals surface area (Å²) < 4.78 is 5.90. The highest BCUT2D eigenvalue weighted by Gasteiger charge is 2.15. The molecule has 2 aromatic carbocycles. The Morgan fingerprint density at radius 2 is 1.78 bits per heavy atom. The van der Waals surface area contributed by atoms with Gasteiger partial charge in [-0.3, -0.25) is 0 Å². The van der Waals surface area contributed by atoms with E-state index in [2.05, 4.69) is 42.1 Å². The fraction of sp³-hybridized carbons (Fsp3) is 0.323.